The summed E-state index contributed by atoms with van der Waals surface area (Å²) in [5.41, 5.74) is 1.50. The highest BCUT2D eigenvalue weighted by molar-refractivity contribution is 5.98. The van der Waals surface area contributed by atoms with Crippen LogP contribution in [0.25, 0.3) is 0 Å². The molecule has 4 nitrogen and oxygen atoms in total. The molecule has 28 heavy (non-hydrogen) atoms. The Kier molecular flexibility index (Phi) is 7.26. The minimum absolute atomic E-state index is 0.158. The molecule has 0 heterocycles. The van der Waals surface area contributed by atoms with Gasteiger partial charge >= 0.3 is 0 Å². The zero-order valence-electron chi connectivity index (χ0n) is 16.6. The van der Waals surface area contributed by atoms with Gasteiger partial charge in [-0.2, -0.15) is 0 Å². The second kappa shape index (κ2) is 9.44. The van der Waals surface area contributed by atoms with Crippen LogP contribution >= 0.6 is 0 Å². The Balaban J connectivity index is 2.14. The molecular weight excluding hydrogens is 362 g/mol. The lowest BCUT2D eigenvalue weighted by molar-refractivity contribution is -0.124. The van der Waals surface area contributed by atoms with Gasteiger partial charge in [0.1, 0.15) is 17.7 Å². The number of carbonyl (C=O) groups excluding carboxylic acids is 2. The van der Waals surface area contributed by atoms with Gasteiger partial charge in [0.05, 0.1) is 6.04 Å². The topological polar surface area (TPSA) is 58.2 Å². The lowest BCUT2D eigenvalue weighted by Gasteiger charge is -2.23. The molecule has 2 N–H and O–H groups in total. The molecule has 0 aliphatic carbocycles. The van der Waals surface area contributed by atoms with Crippen molar-refractivity contribution >= 4 is 11.8 Å². The summed E-state index contributed by atoms with van der Waals surface area (Å²) in [7, 11) is 0. The Morgan fingerprint density at radius 3 is 2.29 bits per heavy atom. The molecule has 0 bridgehead atoms. The van der Waals surface area contributed by atoms with Crippen LogP contribution in [0.1, 0.15) is 54.7 Å². The van der Waals surface area contributed by atoms with Crippen molar-refractivity contribution < 1.29 is 18.4 Å². The summed E-state index contributed by atoms with van der Waals surface area (Å²) in [5.74, 6) is -1.99. The zero-order chi connectivity index (χ0) is 20.8. The molecule has 0 radical (unpaired) electrons. The number of nitrogens with one attached hydrogen (secondary N) is 2. The predicted molar refractivity (Wildman–Crippen MR) is 105 cm³/mol. The Labute approximate surface area is 164 Å². The molecule has 2 amide bonds. The van der Waals surface area contributed by atoms with Crippen LogP contribution in [0, 0.1) is 24.5 Å². The molecule has 0 saturated heterocycles. The first-order chi connectivity index (χ1) is 13.2. The highest BCUT2D eigenvalue weighted by atomic mass is 19.1. The van der Waals surface area contributed by atoms with Crippen molar-refractivity contribution in [2.75, 3.05) is 0 Å². The van der Waals surface area contributed by atoms with Gasteiger partial charge in [-0.25, -0.2) is 8.78 Å². The van der Waals surface area contributed by atoms with Crippen LogP contribution in [0.2, 0.25) is 0 Å². The monoisotopic (exact) mass is 388 g/mol. The molecule has 2 aromatic rings. The summed E-state index contributed by atoms with van der Waals surface area (Å²) < 4.78 is 27.1. The van der Waals surface area contributed by atoms with Crippen molar-refractivity contribution in [2.45, 2.75) is 46.2 Å². The molecule has 0 saturated carbocycles. The SMILES string of the molecule is Cc1ccccc1C(=O)N[C@H](CC(C)C)C(=O)N[C@@H](C)c1ccc(F)cc1F. The van der Waals surface area contributed by atoms with Gasteiger partial charge in [0, 0.05) is 17.2 Å². The number of benzene rings is 2. The van der Waals surface area contributed by atoms with E-state index in [2.05, 4.69) is 10.6 Å². The van der Waals surface area contributed by atoms with Crippen molar-refractivity contribution in [3.8, 4) is 0 Å². The molecule has 0 aliphatic heterocycles. The second-order valence-electron chi connectivity index (χ2n) is 7.37. The molecule has 150 valence electrons. The zero-order valence-corrected chi connectivity index (χ0v) is 16.6. The molecule has 2 aromatic carbocycles. The summed E-state index contributed by atoms with van der Waals surface area (Å²) in [6.07, 6.45) is 0.433. The number of amides is 2. The Morgan fingerprint density at radius 1 is 1.00 bits per heavy atom. The van der Waals surface area contributed by atoms with Gasteiger partial charge in [0.25, 0.3) is 5.91 Å². The van der Waals surface area contributed by atoms with Crippen LogP contribution in [0.3, 0.4) is 0 Å². The van der Waals surface area contributed by atoms with Crippen molar-refractivity contribution in [1.82, 2.24) is 10.6 Å². The smallest absolute Gasteiger partial charge is 0.252 e. The standard InChI is InChI=1S/C22H26F2N2O2/c1-13(2)11-20(26-21(27)17-8-6-5-7-14(17)3)22(28)25-15(4)18-10-9-16(23)12-19(18)24/h5-10,12-13,15,20H,11H2,1-4H3,(H,25,28)(H,26,27)/t15-,20+/m0/s1. The van der Waals surface area contributed by atoms with E-state index in [9.17, 15) is 18.4 Å². The second-order valence-corrected chi connectivity index (χ2v) is 7.37. The molecule has 0 fully saturated rings. The molecular formula is C22H26F2N2O2. The quantitative estimate of drug-likeness (QED) is 0.743. The minimum atomic E-state index is -0.766. The highest BCUT2D eigenvalue weighted by Crippen LogP contribution is 2.18. The van der Waals surface area contributed by atoms with E-state index in [1.165, 1.54) is 6.07 Å². The summed E-state index contributed by atoms with van der Waals surface area (Å²) in [6.45, 7) is 7.34. The van der Waals surface area contributed by atoms with E-state index in [-0.39, 0.29) is 17.4 Å². The largest absolute Gasteiger partial charge is 0.348 e. The van der Waals surface area contributed by atoms with Crippen LogP contribution in [0.5, 0.6) is 0 Å². The number of aryl methyl sites for hydroxylation is 1. The van der Waals surface area contributed by atoms with E-state index in [4.69, 9.17) is 0 Å². The van der Waals surface area contributed by atoms with Crippen molar-refractivity contribution in [3.05, 3.63) is 70.8 Å². The Morgan fingerprint density at radius 2 is 1.68 bits per heavy atom. The van der Waals surface area contributed by atoms with Crippen molar-refractivity contribution in [3.63, 3.8) is 0 Å². The fourth-order valence-corrected chi connectivity index (χ4v) is 3.01. The van der Waals surface area contributed by atoms with Gasteiger partial charge in [-0.15, -0.1) is 0 Å². The summed E-state index contributed by atoms with van der Waals surface area (Å²) in [5, 5.41) is 5.50. The maximum atomic E-state index is 14.0. The first kappa shape index (κ1) is 21.5. The average molecular weight is 388 g/mol. The number of halogens is 2. The number of hydrogen-bond donors (Lipinski definition) is 2. The Hall–Kier alpha value is -2.76. The summed E-state index contributed by atoms with van der Waals surface area (Å²) in [4.78, 5) is 25.4. The van der Waals surface area contributed by atoms with Crippen LogP contribution < -0.4 is 10.6 Å². The number of carbonyl (C=O) groups is 2. The van der Waals surface area contributed by atoms with E-state index in [0.29, 0.717) is 12.0 Å². The van der Waals surface area contributed by atoms with Gasteiger partial charge in [-0.05, 0) is 43.9 Å². The third kappa shape index (κ3) is 5.62. The van der Waals surface area contributed by atoms with E-state index >= 15 is 0 Å². The van der Waals surface area contributed by atoms with Gasteiger partial charge < -0.3 is 10.6 Å². The van der Waals surface area contributed by atoms with Gasteiger partial charge in [0.2, 0.25) is 5.91 Å². The fourth-order valence-electron chi connectivity index (χ4n) is 3.01. The highest BCUT2D eigenvalue weighted by Gasteiger charge is 2.25. The molecule has 0 aliphatic rings. The number of rotatable bonds is 7. The first-order valence-electron chi connectivity index (χ1n) is 9.30. The van der Waals surface area contributed by atoms with E-state index in [0.717, 1.165) is 17.7 Å². The van der Waals surface area contributed by atoms with Crippen LogP contribution in [0.4, 0.5) is 8.78 Å². The third-order valence-corrected chi connectivity index (χ3v) is 4.51. The van der Waals surface area contributed by atoms with E-state index in [1.54, 1.807) is 19.1 Å². The normalized spacial score (nSPS) is 13.1. The average Bonchev–Trinajstić information content (AvgIpc) is 2.60. The van der Waals surface area contributed by atoms with Gasteiger partial charge in [0.15, 0.2) is 0 Å². The van der Waals surface area contributed by atoms with E-state index in [1.807, 2.05) is 32.9 Å². The van der Waals surface area contributed by atoms with E-state index < -0.39 is 29.6 Å². The molecule has 0 aromatic heterocycles. The maximum absolute atomic E-state index is 14.0. The van der Waals surface area contributed by atoms with Crippen LogP contribution in [-0.2, 0) is 4.79 Å². The third-order valence-electron chi connectivity index (χ3n) is 4.51. The predicted octanol–water partition coefficient (Wildman–Crippen LogP) is 4.30. The summed E-state index contributed by atoms with van der Waals surface area (Å²) >= 11 is 0. The maximum Gasteiger partial charge on any atom is 0.252 e. The molecule has 2 atom stereocenters. The molecule has 2 rings (SSSR count). The lowest BCUT2D eigenvalue weighted by Crippen LogP contribution is -2.48. The number of hydrogen-bond acceptors (Lipinski definition) is 2. The minimum Gasteiger partial charge on any atom is -0.348 e. The van der Waals surface area contributed by atoms with Crippen molar-refractivity contribution in [1.29, 1.82) is 0 Å². The fraction of sp³-hybridized carbons (Fsp3) is 0.364. The van der Waals surface area contributed by atoms with Crippen molar-refractivity contribution in [2.24, 2.45) is 5.92 Å². The summed E-state index contributed by atoms with van der Waals surface area (Å²) in [6, 6.07) is 8.92. The molecule has 6 heteroatoms. The van der Waals surface area contributed by atoms with Crippen LogP contribution in [-0.4, -0.2) is 17.9 Å². The van der Waals surface area contributed by atoms with Gasteiger partial charge in [-0.1, -0.05) is 38.1 Å². The van der Waals surface area contributed by atoms with Crippen LogP contribution in [0.15, 0.2) is 42.5 Å². The lowest BCUT2D eigenvalue weighted by atomic mass is 10.0. The molecule has 0 unspecified atom stereocenters. The first-order valence-corrected chi connectivity index (χ1v) is 9.30. The molecule has 0 spiro atoms. The Bertz CT molecular complexity index is 852. The van der Waals surface area contributed by atoms with Gasteiger partial charge in [-0.3, -0.25) is 9.59 Å².